The summed E-state index contributed by atoms with van der Waals surface area (Å²) in [5.41, 5.74) is 1.45. The average Bonchev–Trinajstić information content (AvgIpc) is 2.53. The molecule has 0 aliphatic carbocycles. The molecule has 0 aromatic heterocycles. The molecule has 0 amide bonds. The molecular weight excluding hydrogens is 244 g/mol. The topological polar surface area (TPSA) is 15.3 Å². The minimum absolute atomic E-state index is 0.626. The van der Waals surface area contributed by atoms with Crippen LogP contribution >= 0.6 is 0 Å². The van der Waals surface area contributed by atoms with Gasteiger partial charge in [-0.15, -0.1) is 0 Å². The number of piperidine rings is 1. The molecular formula is C18H30N2. The minimum atomic E-state index is 0.626. The quantitative estimate of drug-likeness (QED) is 0.820. The van der Waals surface area contributed by atoms with E-state index in [1.54, 1.807) is 0 Å². The lowest BCUT2D eigenvalue weighted by molar-refractivity contribution is 0.187. The Morgan fingerprint density at radius 2 is 1.85 bits per heavy atom. The summed E-state index contributed by atoms with van der Waals surface area (Å²) in [6.07, 6.45) is 5.10. The smallest absolute Gasteiger partial charge is 0.0105 e. The fraction of sp³-hybridized carbons (Fsp3) is 0.667. The van der Waals surface area contributed by atoms with Crippen LogP contribution in [0.3, 0.4) is 0 Å². The monoisotopic (exact) mass is 274 g/mol. The molecule has 1 aromatic carbocycles. The molecule has 2 nitrogen and oxygen atoms in total. The summed E-state index contributed by atoms with van der Waals surface area (Å²) in [4.78, 5) is 2.57. The fourth-order valence-electron chi connectivity index (χ4n) is 3.10. The van der Waals surface area contributed by atoms with Gasteiger partial charge in [-0.05, 0) is 63.3 Å². The van der Waals surface area contributed by atoms with E-state index < -0.39 is 0 Å². The van der Waals surface area contributed by atoms with E-state index in [-0.39, 0.29) is 0 Å². The first-order valence-electron chi connectivity index (χ1n) is 8.31. The van der Waals surface area contributed by atoms with Crippen molar-refractivity contribution >= 4 is 0 Å². The fourth-order valence-corrected chi connectivity index (χ4v) is 3.10. The largest absolute Gasteiger partial charge is 0.313 e. The van der Waals surface area contributed by atoms with Crippen LogP contribution < -0.4 is 5.32 Å². The van der Waals surface area contributed by atoms with Gasteiger partial charge in [-0.25, -0.2) is 0 Å². The van der Waals surface area contributed by atoms with Crippen LogP contribution in [0.15, 0.2) is 30.3 Å². The maximum atomic E-state index is 3.80. The number of nitrogens with zero attached hydrogens (tertiary/aromatic N) is 1. The molecule has 1 atom stereocenters. The first-order chi connectivity index (χ1) is 9.81. The van der Waals surface area contributed by atoms with Crippen LogP contribution in [0, 0.1) is 5.92 Å². The number of hydrogen-bond donors (Lipinski definition) is 1. The standard InChI is InChI=1S/C18H30N2/c1-3-18(14-16-8-6-5-7-9-16)19-15-17-10-12-20(4-2)13-11-17/h5-9,17-19H,3-4,10-15H2,1-2H3. The van der Waals surface area contributed by atoms with Gasteiger partial charge in [0, 0.05) is 6.04 Å². The van der Waals surface area contributed by atoms with Gasteiger partial charge < -0.3 is 10.2 Å². The summed E-state index contributed by atoms with van der Waals surface area (Å²) < 4.78 is 0. The van der Waals surface area contributed by atoms with Crippen molar-refractivity contribution in [2.45, 2.75) is 45.6 Å². The van der Waals surface area contributed by atoms with Gasteiger partial charge in [-0.1, -0.05) is 44.2 Å². The van der Waals surface area contributed by atoms with E-state index in [2.05, 4.69) is 54.4 Å². The van der Waals surface area contributed by atoms with E-state index in [4.69, 9.17) is 0 Å². The lowest BCUT2D eigenvalue weighted by Crippen LogP contribution is -2.40. The average molecular weight is 274 g/mol. The Labute approximate surface area is 124 Å². The molecule has 1 aliphatic rings. The number of hydrogen-bond acceptors (Lipinski definition) is 2. The third-order valence-electron chi connectivity index (χ3n) is 4.67. The predicted molar refractivity (Wildman–Crippen MR) is 87.1 cm³/mol. The molecule has 0 spiro atoms. The molecule has 0 saturated carbocycles. The van der Waals surface area contributed by atoms with Crippen LogP contribution in [0.1, 0.15) is 38.7 Å². The number of rotatable bonds is 7. The summed E-state index contributed by atoms with van der Waals surface area (Å²) >= 11 is 0. The van der Waals surface area contributed by atoms with E-state index in [1.165, 1.54) is 51.0 Å². The maximum absolute atomic E-state index is 3.80. The van der Waals surface area contributed by atoms with Gasteiger partial charge in [0.05, 0.1) is 0 Å². The van der Waals surface area contributed by atoms with Gasteiger partial charge in [0.2, 0.25) is 0 Å². The molecule has 1 aromatic rings. The van der Waals surface area contributed by atoms with E-state index in [0.717, 1.165) is 12.3 Å². The zero-order valence-electron chi connectivity index (χ0n) is 13.1. The second-order valence-electron chi connectivity index (χ2n) is 6.08. The van der Waals surface area contributed by atoms with Crippen LogP contribution in [0.5, 0.6) is 0 Å². The van der Waals surface area contributed by atoms with Gasteiger partial charge >= 0.3 is 0 Å². The Kier molecular flexibility index (Phi) is 6.55. The summed E-state index contributed by atoms with van der Waals surface area (Å²) in [6, 6.07) is 11.5. The first kappa shape index (κ1) is 15.5. The van der Waals surface area contributed by atoms with Gasteiger partial charge in [0.25, 0.3) is 0 Å². The normalized spacial score (nSPS) is 19.1. The van der Waals surface area contributed by atoms with Gasteiger partial charge in [-0.3, -0.25) is 0 Å². The molecule has 1 aliphatic heterocycles. The van der Waals surface area contributed by atoms with Crippen molar-refractivity contribution in [2.24, 2.45) is 5.92 Å². The Balaban J connectivity index is 1.71. The molecule has 2 heteroatoms. The second-order valence-corrected chi connectivity index (χ2v) is 6.08. The highest BCUT2D eigenvalue weighted by Crippen LogP contribution is 2.16. The van der Waals surface area contributed by atoms with Gasteiger partial charge in [-0.2, -0.15) is 0 Å². The lowest BCUT2D eigenvalue weighted by atomic mass is 9.95. The van der Waals surface area contributed by atoms with E-state index in [0.29, 0.717) is 6.04 Å². The SMILES string of the molecule is CCC(Cc1ccccc1)NCC1CCN(CC)CC1. The van der Waals surface area contributed by atoms with Crippen LogP contribution in [-0.2, 0) is 6.42 Å². The molecule has 1 heterocycles. The zero-order valence-corrected chi connectivity index (χ0v) is 13.1. The molecule has 1 N–H and O–H groups in total. The molecule has 0 bridgehead atoms. The van der Waals surface area contributed by atoms with Gasteiger partial charge in [0.15, 0.2) is 0 Å². The van der Waals surface area contributed by atoms with Crippen LogP contribution in [0.4, 0.5) is 0 Å². The van der Waals surface area contributed by atoms with Crippen molar-refractivity contribution in [1.29, 1.82) is 0 Å². The van der Waals surface area contributed by atoms with Crippen molar-refractivity contribution in [3.63, 3.8) is 0 Å². The molecule has 1 unspecified atom stereocenters. The highest BCUT2D eigenvalue weighted by atomic mass is 15.1. The Morgan fingerprint density at radius 1 is 1.15 bits per heavy atom. The lowest BCUT2D eigenvalue weighted by Gasteiger charge is -2.32. The third-order valence-corrected chi connectivity index (χ3v) is 4.67. The van der Waals surface area contributed by atoms with E-state index in [9.17, 15) is 0 Å². The third kappa shape index (κ3) is 4.92. The van der Waals surface area contributed by atoms with Crippen molar-refractivity contribution < 1.29 is 0 Å². The highest BCUT2D eigenvalue weighted by Gasteiger charge is 2.18. The number of benzene rings is 1. The Bertz CT molecular complexity index is 355. The summed E-state index contributed by atoms with van der Waals surface area (Å²) in [6.45, 7) is 9.55. The molecule has 1 saturated heterocycles. The number of nitrogens with one attached hydrogen (secondary N) is 1. The van der Waals surface area contributed by atoms with Crippen LogP contribution in [0.2, 0.25) is 0 Å². The summed E-state index contributed by atoms with van der Waals surface area (Å²) in [7, 11) is 0. The number of likely N-dealkylation sites (tertiary alicyclic amines) is 1. The van der Waals surface area contributed by atoms with Crippen molar-refractivity contribution in [1.82, 2.24) is 10.2 Å². The van der Waals surface area contributed by atoms with E-state index in [1.807, 2.05) is 0 Å². The van der Waals surface area contributed by atoms with Crippen molar-refractivity contribution in [3.8, 4) is 0 Å². The first-order valence-corrected chi connectivity index (χ1v) is 8.31. The van der Waals surface area contributed by atoms with Crippen molar-refractivity contribution in [3.05, 3.63) is 35.9 Å². The highest BCUT2D eigenvalue weighted by molar-refractivity contribution is 5.15. The maximum Gasteiger partial charge on any atom is 0.0105 e. The second kappa shape index (κ2) is 8.43. The molecule has 20 heavy (non-hydrogen) atoms. The van der Waals surface area contributed by atoms with Gasteiger partial charge in [0.1, 0.15) is 0 Å². The summed E-state index contributed by atoms with van der Waals surface area (Å²) in [5.74, 6) is 0.877. The predicted octanol–water partition coefficient (Wildman–Crippen LogP) is 3.33. The van der Waals surface area contributed by atoms with Crippen molar-refractivity contribution in [2.75, 3.05) is 26.2 Å². The molecule has 0 radical (unpaired) electrons. The molecule has 2 rings (SSSR count). The van der Waals surface area contributed by atoms with Crippen LogP contribution in [-0.4, -0.2) is 37.1 Å². The molecule has 1 fully saturated rings. The van der Waals surface area contributed by atoms with Crippen LogP contribution in [0.25, 0.3) is 0 Å². The zero-order chi connectivity index (χ0) is 14.2. The summed E-state index contributed by atoms with van der Waals surface area (Å²) in [5, 5.41) is 3.80. The minimum Gasteiger partial charge on any atom is -0.313 e. The molecule has 112 valence electrons. The Morgan fingerprint density at radius 3 is 2.45 bits per heavy atom. The van der Waals surface area contributed by atoms with E-state index >= 15 is 0 Å². The Hall–Kier alpha value is -0.860.